The molecule has 0 aromatic rings. The molecule has 0 bridgehead atoms. The molecule has 0 aromatic heterocycles. The van der Waals surface area contributed by atoms with E-state index in [2.05, 4.69) is 5.32 Å². The van der Waals surface area contributed by atoms with Gasteiger partial charge in [-0.15, -0.1) is 0 Å². The van der Waals surface area contributed by atoms with Gasteiger partial charge in [0.2, 0.25) is 0 Å². The van der Waals surface area contributed by atoms with Gasteiger partial charge in [0, 0.05) is 12.6 Å². The molecule has 0 saturated carbocycles. The lowest BCUT2D eigenvalue weighted by molar-refractivity contribution is -0.145. The summed E-state index contributed by atoms with van der Waals surface area (Å²) in [6.07, 6.45) is 2.20. The Morgan fingerprint density at radius 2 is 2.43 bits per heavy atom. The molecule has 1 unspecified atom stereocenters. The summed E-state index contributed by atoms with van der Waals surface area (Å²) >= 11 is 0. The fraction of sp³-hybridized carbons (Fsp3) is 0.900. The fourth-order valence-electron chi connectivity index (χ4n) is 1.30. The Bertz CT molecular complexity index is 176. The second-order valence-electron chi connectivity index (χ2n) is 3.85. The van der Waals surface area contributed by atoms with E-state index in [0.717, 1.165) is 19.4 Å². The number of hydrogen-bond donors (Lipinski definition) is 1. The van der Waals surface area contributed by atoms with Crippen LogP contribution < -0.4 is 5.32 Å². The van der Waals surface area contributed by atoms with Gasteiger partial charge in [-0.05, 0) is 12.8 Å². The molecule has 1 N–H and O–H groups in total. The molecule has 4 nitrogen and oxygen atoms in total. The van der Waals surface area contributed by atoms with Crippen LogP contribution in [-0.4, -0.2) is 37.9 Å². The van der Waals surface area contributed by atoms with Gasteiger partial charge in [-0.25, -0.2) is 0 Å². The van der Waals surface area contributed by atoms with E-state index in [1.807, 2.05) is 13.8 Å². The maximum atomic E-state index is 11.2. The van der Waals surface area contributed by atoms with E-state index < -0.39 is 0 Å². The lowest BCUT2D eigenvalue weighted by atomic mass is 10.2. The maximum absolute atomic E-state index is 11.2. The number of ether oxygens (including phenoxy) is 2. The molecule has 1 aliphatic heterocycles. The van der Waals surface area contributed by atoms with Crippen molar-refractivity contribution in [2.75, 3.05) is 19.8 Å². The molecule has 0 radical (unpaired) electrons. The van der Waals surface area contributed by atoms with Crippen molar-refractivity contribution < 1.29 is 14.3 Å². The van der Waals surface area contributed by atoms with Crippen LogP contribution in [0.3, 0.4) is 0 Å². The third-order valence-electron chi connectivity index (χ3n) is 2.11. The molecule has 1 aliphatic rings. The SMILES string of the molecule is CC(C)NCC(=O)OCC1CCCO1. The molecule has 1 saturated heterocycles. The van der Waals surface area contributed by atoms with Crippen LogP contribution in [0.15, 0.2) is 0 Å². The van der Waals surface area contributed by atoms with E-state index in [1.165, 1.54) is 0 Å². The summed E-state index contributed by atoms with van der Waals surface area (Å²) < 4.78 is 10.4. The van der Waals surface area contributed by atoms with Gasteiger partial charge in [0.1, 0.15) is 6.61 Å². The Labute approximate surface area is 85.0 Å². The van der Waals surface area contributed by atoms with Crippen molar-refractivity contribution in [3.05, 3.63) is 0 Å². The Kier molecular flexibility index (Phi) is 4.90. The highest BCUT2D eigenvalue weighted by atomic mass is 16.6. The summed E-state index contributed by atoms with van der Waals surface area (Å²) in [7, 11) is 0. The molecule has 1 rings (SSSR count). The first-order valence-electron chi connectivity index (χ1n) is 5.19. The quantitative estimate of drug-likeness (QED) is 0.665. The van der Waals surface area contributed by atoms with E-state index >= 15 is 0 Å². The van der Waals surface area contributed by atoms with Crippen molar-refractivity contribution in [1.29, 1.82) is 0 Å². The van der Waals surface area contributed by atoms with Gasteiger partial charge >= 0.3 is 5.97 Å². The van der Waals surface area contributed by atoms with Crippen molar-refractivity contribution >= 4 is 5.97 Å². The first kappa shape index (κ1) is 11.5. The number of esters is 1. The monoisotopic (exact) mass is 201 g/mol. The lowest BCUT2D eigenvalue weighted by Crippen LogP contribution is -2.31. The fourth-order valence-corrected chi connectivity index (χ4v) is 1.30. The van der Waals surface area contributed by atoms with Crippen molar-refractivity contribution in [2.24, 2.45) is 0 Å². The minimum absolute atomic E-state index is 0.123. The minimum Gasteiger partial charge on any atom is -0.462 e. The average molecular weight is 201 g/mol. The number of rotatable bonds is 5. The van der Waals surface area contributed by atoms with Crippen LogP contribution in [0.25, 0.3) is 0 Å². The summed E-state index contributed by atoms with van der Waals surface area (Å²) in [5, 5.41) is 3.01. The highest BCUT2D eigenvalue weighted by molar-refractivity contribution is 5.71. The van der Waals surface area contributed by atoms with Crippen LogP contribution in [0.2, 0.25) is 0 Å². The molecule has 82 valence electrons. The van der Waals surface area contributed by atoms with E-state index in [-0.39, 0.29) is 18.6 Å². The zero-order valence-corrected chi connectivity index (χ0v) is 8.91. The molecule has 0 amide bonds. The summed E-state index contributed by atoms with van der Waals surface area (Å²) in [4.78, 5) is 11.2. The van der Waals surface area contributed by atoms with Gasteiger partial charge in [0.05, 0.1) is 12.6 Å². The van der Waals surface area contributed by atoms with Crippen molar-refractivity contribution in [2.45, 2.75) is 38.8 Å². The number of carbonyl (C=O) groups excluding carboxylic acids is 1. The van der Waals surface area contributed by atoms with Gasteiger partial charge in [-0.3, -0.25) is 4.79 Å². The van der Waals surface area contributed by atoms with Gasteiger partial charge in [0.15, 0.2) is 0 Å². The van der Waals surface area contributed by atoms with Crippen LogP contribution >= 0.6 is 0 Å². The molecule has 1 fully saturated rings. The summed E-state index contributed by atoms with van der Waals surface area (Å²) in [5.41, 5.74) is 0. The Morgan fingerprint density at radius 1 is 1.64 bits per heavy atom. The molecule has 1 atom stereocenters. The maximum Gasteiger partial charge on any atom is 0.320 e. The van der Waals surface area contributed by atoms with Crippen LogP contribution in [-0.2, 0) is 14.3 Å². The minimum atomic E-state index is -0.200. The van der Waals surface area contributed by atoms with Gasteiger partial charge in [-0.1, -0.05) is 13.8 Å². The van der Waals surface area contributed by atoms with Gasteiger partial charge in [-0.2, -0.15) is 0 Å². The highest BCUT2D eigenvalue weighted by Gasteiger charge is 2.17. The smallest absolute Gasteiger partial charge is 0.320 e. The average Bonchev–Trinajstić information content (AvgIpc) is 2.63. The Morgan fingerprint density at radius 3 is 3.00 bits per heavy atom. The molecular formula is C10H19NO3. The van der Waals surface area contributed by atoms with Crippen molar-refractivity contribution in [3.63, 3.8) is 0 Å². The Balaban J connectivity index is 2.02. The largest absolute Gasteiger partial charge is 0.462 e. The summed E-state index contributed by atoms with van der Waals surface area (Å²) in [6, 6.07) is 0.310. The standard InChI is InChI=1S/C10H19NO3/c1-8(2)11-6-10(12)14-7-9-4-3-5-13-9/h8-9,11H,3-7H2,1-2H3. The molecule has 0 spiro atoms. The zero-order valence-electron chi connectivity index (χ0n) is 8.91. The lowest BCUT2D eigenvalue weighted by Gasteiger charge is -2.11. The van der Waals surface area contributed by atoms with E-state index in [1.54, 1.807) is 0 Å². The molecule has 4 heteroatoms. The third-order valence-corrected chi connectivity index (χ3v) is 2.11. The topological polar surface area (TPSA) is 47.6 Å². The number of nitrogens with one attached hydrogen (secondary N) is 1. The summed E-state index contributed by atoms with van der Waals surface area (Å²) in [6.45, 7) is 5.47. The van der Waals surface area contributed by atoms with Gasteiger partial charge < -0.3 is 14.8 Å². The Hall–Kier alpha value is -0.610. The zero-order chi connectivity index (χ0) is 10.4. The van der Waals surface area contributed by atoms with Gasteiger partial charge in [0.25, 0.3) is 0 Å². The third kappa shape index (κ3) is 4.58. The van der Waals surface area contributed by atoms with Crippen LogP contribution in [0.1, 0.15) is 26.7 Å². The van der Waals surface area contributed by atoms with Crippen LogP contribution in [0.5, 0.6) is 0 Å². The molecule has 14 heavy (non-hydrogen) atoms. The molecule has 0 aromatic carbocycles. The second kappa shape index (κ2) is 5.98. The van der Waals surface area contributed by atoms with Crippen LogP contribution in [0, 0.1) is 0 Å². The predicted octanol–water partition coefficient (Wildman–Crippen LogP) is 0.707. The molecular weight excluding hydrogens is 182 g/mol. The molecule has 0 aliphatic carbocycles. The van der Waals surface area contributed by atoms with E-state index in [9.17, 15) is 4.79 Å². The summed E-state index contributed by atoms with van der Waals surface area (Å²) in [5.74, 6) is -0.200. The van der Waals surface area contributed by atoms with Crippen molar-refractivity contribution in [3.8, 4) is 0 Å². The van der Waals surface area contributed by atoms with E-state index in [0.29, 0.717) is 12.6 Å². The molecule has 1 heterocycles. The first-order valence-corrected chi connectivity index (χ1v) is 5.19. The number of hydrogen-bond acceptors (Lipinski definition) is 4. The van der Waals surface area contributed by atoms with Crippen LogP contribution in [0.4, 0.5) is 0 Å². The first-order chi connectivity index (χ1) is 6.68. The highest BCUT2D eigenvalue weighted by Crippen LogP contribution is 2.11. The predicted molar refractivity (Wildman–Crippen MR) is 53.1 cm³/mol. The van der Waals surface area contributed by atoms with E-state index in [4.69, 9.17) is 9.47 Å². The second-order valence-corrected chi connectivity index (χ2v) is 3.85. The number of carbonyl (C=O) groups is 1. The van der Waals surface area contributed by atoms with Crippen molar-refractivity contribution in [1.82, 2.24) is 5.32 Å². The normalized spacial score (nSPS) is 21.5.